The van der Waals surface area contributed by atoms with Crippen molar-refractivity contribution in [1.82, 2.24) is 15.1 Å². The van der Waals surface area contributed by atoms with Crippen LogP contribution in [0.3, 0.4) is 0 Å². The SMILES string of the molecule is CNc1cc(C2CCN(C)C2)[nH]n1. The van der Waals surface area contributed by atoms with Crippen LogP contribution in [-0.2, 0) is 0 Å². The predicted octanol–water partition coefficient (Wildman–Crippen LogP) is 0.870. The summed E-state index contributed by atoms with van der Waals surface area (Å²) in [7, 11) is 4.05. The molecule has 4 heteroatoms. The molecule has 1 saturated heterocycles. The second kappa shape index (κ2) is 3.38. The summed E-state index contributed by atoms with van der Waals surface area (Å²) in [6, 6.07) is 2.10. The van der Waals surface area contributed by atoms with Crippen LogP contribution in [0.2, 0.25) is 0 Å². The number of hydrogen-bond donors (Lipinski definition) is 2. The number of aromatic nitrogens is 2. The molecule has 0 saturated carbocycles. The molecule has 0 aliphatic carbocycles. The minimum atomic E-state index is 0.639. The van der Waals surface area contributed by atoms with Crippen LogP contribution < -0.4 is 5.32 Å². The number of rotatable bonds is 2. The van der Waals surface area contributed by atoms with Gasteiger partial charge in [-0.15, -0.1) is 0 Å². The van der Waals surface area contributed by atoms with E-state index in [9.17, 15) is 0 Å². The van der Waals surface area contributed by atoms with E-state index in [1.54, 1.807) is 0 Å². The quantitative estimate of drug-likeness (QED) is 0.709. The van der Waals surface area contributed by atoms with Gasteiger partial charge < -0.3 is 10.2 Å². The molecule has 0 amide bonds. The molecule has 1 aliphatic heterocycles. The molecule has 0 radical (unpaired) electrons. The Morgan fingerprint density at radius 2 is 2.54 bits per heavy atom. The van der Waals surface area contributed by atoms with Gasteiger partial charge in [0.1, 0.15) is 5.82 Å². The van der Waals surface area contributed by atoms with Gasteiger partial charge in [-0.3, -0.25) is 5.10 Å². The van der Waals surface area contributed by atoms with Crippen molar-refractivity contribution in [3.63, 3.8) is 0 Å². The Bertz CT molecular complexity index is 281. The molecule has 2 N–H and O–H groups in total. The van der Waals surface area contributed by atoms with Crippen LogP contribution in [0.1, 0.15) is 18.0 Å². The largest absolute Gasteiger partial charge is 0.372 e. The van der Waals surface area contributed by atoms with Gasteiger partial charge in [0.2, 0.25) is 0 Å². The topological polar surface area (TPSA) is 44.0 Å². The fourth-order valence-electron chi connectivity index (χ4n) is 1.86. The number of H-pyrrole nitrogens is 1. The Hall–Kier alpha value is -1.03. The summed E-state index contributed by atoms with van der Waals surface area (Å²) in [6.07, 6.45) is 1.24. The molecule has 2 heterocycles. The number of anilines is 1. The van der Waals surface area contributed by atoms with E-state index in [1.165, 1.54) is 18.7 Å². The highest BCUT2D eigenvalue weighted by atomic mass is 15.2. The number of likely N-dealkylation sites (tertiary alicyclic amines) is 1. The Labute approximate surface area is 78.3 Å². The van der Waals surface area contributed by atoms with Crippen molar-refractivity contribution in [2.45, 2.75) is 12.3 Å². The molecule has 0 aromatic carbocycles. The summed E-state index contributed by atoms with van der Waals surface area (Å²) in [5, 5.41) is 10.3. The van der Waals surface area contributed by atoms with Gasteiger partial charge in [-0.2, -0.15) is 5.10 Å². The number of hydrogen-bond acceptors (Lipinski definition) is 3. The van der Waals surface area contributed by atoms with Crippen molar-refractivity contribution >= 4 is 5.82 Å². The van der Waals surface area contributed by atoms with Crippen molar-refractivity contribution in [3.8, 4) is 0 Å². The first kappa shape index (κ1) is 8.56. The molecule has 1 unspecified atom stereocenters. The molecule has 0 bridgehead atoms. The molecule has 13 heavy (non-hydrogen) atoms. The number of nitrogens with zero attached hydrogens (tertiary/aromatic N) is 2. The molecule has 1 aromatic heterocycles. The molecule has 0 spiro atoms. The van der Waals surface area contributed by atoms with Crippen molar-refractivity contribution in [2.24, 2.45) is 0 Å². The zero-order valence-corrected chi connectivity index (χ0v) is 8.17. The Morgan fingerprint density at radius 1 is 1.69 bits per heavy atom. The summed E-state index contributed by atoms with van der Waals surface area (Å²) >= 11 is 0. The average Bonchev–Trinajstić information content (AvgIpc) is 2.71. The lowest BCUT2D eigenvalue weighted by molar-refractivity contribution is 0.410. The van der Waals surface area contributed by atoms with Crippen LogP contribution in [0.4, 0.5) is 5.82 Å². The number of aromatic amines is 1. The van der Waals surface area contributed by atoms with Gasteiger partial charge in [-0.05, 0) is 20.0 Å². The normalized spacial score (nSPS) is 23.7. The van der Waals surface area contributed by atoms with E-state index in [0.29, 0.717) is 5.92 Å². The Morgan fingerprint density at radius 3 is 3.08 bits per heavy atom. The fraction of sp³-hybridized carbons (Fsp3) is 0.667. The predicted molar refractivity (Wildman–Crippen MR) is 53.0 cm³/mol. The van der Waals surface area contributed by atoms with Gasteiger partial charge in [-0.25, -0.2) is 0 Å². The molecular weight excluding hydrogens is 164 g/mol. The van der Waals surface area contributed by atoms with E-state index in [0.717, 1.165) is 12.4 Å². The molecule has 1 aromatic rings. The Kier molecular flexibility index (Phi) is 2.22. The van der Waals surface area contributed by atoms with E-state index in [2.05, 4.69) is 33.5 Å². The van der Waals surface area contributed by atoms with E-state index in [4.69, 9.17) is 0 Å². The number of likely N-dealkylation sites (N-methyl/N-ethyl adjacent to an activating group) is 1. The maximum atomic E-state index is 4.15. The third-order valence-electron chi connectivity index (χ3n) is 2.68. The zero-order valence-electron chi connectivity index (χ0n) is 8.17. The van der Waals surface area contributed by atoms with E-state index < -0.39 is 0 Å². The molecule has 2 rings (SSSR count). The second-order valence-corrected chi connectivity index (χ2v) is 3.71. The van der Waals surface area contributed by atoms with Gasteiger partial charge in [0.05, 0.1) is 0 Å². The molecular formula is C9H16N4. The van der Waals surface area contributed by atoms with Crippen LogP contribution in [-0.4, -0.2) is 42.3 Å². The van der Waals surface area contributed by atoms with Gasteiger partial charge in [-0.1, -0.05) is 0 Å². The standard InChI is InChI=1S/C9H16N4/c1-10-9-5-8(11-12-9)7-3-4-13(2)6-7/h5,7H,3-4,6H2,1-2H3,(H2,10,11,12). The monoisotopic (exact) mass is 180 g/mol. The third kappa shape index (κ3) is 1.67. The van der Waals surface area contributed by atoms with Gasteiger partial charge in [0.25, 0.3) is 0 Å². The fourth-order valence-corrected chi connectivity index (χ4v) is 1.86. The highest BCUT2D eigenvalue weighted by Gasteiger charge is 2.22. The van der Waals surface area contributed by atoms with E-state index in [1.807, 2.05) is 7.05 Å². The Balaban J connectivity index is 2.08. The molecule has 72 valence electrons. The lowest BCUT2D eigenvalue weighted by Gasteiger charge is -2.07. The zero-order chi connectivity index (χ0) is 9.26. The molecule has 1 aliphatic rings. The summed E-state index contributed by atoms with van der Waals surface area (Å²) in [5.41, 5.74) is 1.26. The van der Waals surface area contributed by atoms with Gasteiger partial charge >= 0.3 is 0 Å². The minimum absolute atomic E-state index is 0.639. The van der Waals surface area contributed by atoms with Gasteiger partial charge in [0.15, 0.2) is 0 Å². The summed E-state index contributed by atoms with van der Waals surface area (Å²) < 4.78 is 0. The first-order chi connectivity index (χ1) is 6.29. The lowest BCUT2D eigenvalue weighted by Crippen LogP contribution is -2.13. The highest BCUT2D eigenvalue weighted by molar-refractivity contribution is 5.35. The molecule has 1 atom stereocenters. The smallest absolute Gasteiger partial charge is 0.147 e. The lowest BCUT2D eigenvalue weighted by atomic mass is 10.1. The summed E-state index contributed by atoms with van der Waals surface area (Å²) in [5.74, 6) is 1.57. The maximum Gasteiger partial charge on any atom is 0.147 e. The minimum Gasteiger partial charge on any atom is -0.372 e. The summed E-state index contributed by atoms with van der Waals surface area (Å²) in [4.78, 5) is 2.35. The van der Waals surface area contributed by atoms with Crippen LogP contribution >= 0.6 is 0 Å². The van der Waals surface area contributed by atoms with E-state index >= 15 is 0 Å². The highest BCUT2D eigenvalue weighted by Crippen LogP contribution is 2.25. The van der Waals surface area contributed by atoms with Crippen LogP contribution in [0, 0.1) is 0 Å². The summed E-state index contributed by atoms with van der Waals surface area (Å²) in [6.45, 7) is 2.34. The third-order valence-corrected chi connectivity index (χ3v) is 2.68. The average molecular weight is 180 g/mol. The molecule has 1 fully saturated rings. The van der Waals surface area contributed by atoms with Crippen molar-refractivity contribution in [2.75, 3.05) is 32.5 Å². The van der Waals surface area contributed by atoms with Crippen LogP contribution in [0.5, 0.6) is 0 Å². The van der Waals surface area contributed by atoms with Crippen molar-refractivity contribution < 1.29 is 0 Å². The van der Waals surface area contributed by atoms with Crippen molar-refractivity contribution in [3.05, 3.63) is 11.8 Å². The van der Waals surface area contributed by atoms with Crippen molar-refractivity contribution in [1.29, 1.82) is 0 Å². The second-order valence-electron chi connectivity index (χ2n) is 3.71. The van der Waals surface area contributed by atoms with Gasteiger partial charge in [0, 0.05) is 31.3 Å². The van der Waals surface area contributed by atoms with Crippen LogP contribution in [0.25, 0.3) is 0 Å². The van der Waals surface area contributed by atoms with Crippen LogP contribution in [0.15, 0.2) is 6.07 Å². The first-order valence-electron chi connectivity index (χ1n) is 4.71. The van der Waals surface area contributed by atoms with E-state index in [-0.39, 0.29) is 0 Å². The first-order valence-corrected chi connectivity index (χ1v) is 4.71. The molecule has 4 nitrogen and oxygen atoms in total. The maximum absolute atomic E-state index is 4.15. The number of nitrogens with one attached hydrogen (secondary N) is 2.